The van der Waals surface area contributed by atoms with Gasteiger partial charge in [0, 0.05) is 36.1 Å². The van der Waals surface area contributed by atoms with Crippen LogP contribution in [0.2, 0.25) is 0 Å². The van der Waals surface area contributed by atoms with E-state index in [1.807, 2.05) is 6.07 Å². The summed E-state index contributed by atoms with van der Waals surface area (Å²) in [6, 6.07) is 5.66. The predicted octanol–water partition coefficient (Wildman–Crippen LogP) is 4.55. The first-order chi connectivity index (χ1) is 10.2. The van der Waals surface area contributed by atoms with Gasteiger partial charge in [-0.3, -0.25) is 10.1 Å². The molecule has 0 unspecified atom stereocenters. The Morgan fingerprint density at radius 1 is 1.14 bits per heavy atom. The second-order valence-corrected chi connectivity index (χ2v) is 5.79. The van der Waals surface area contributed by atoms with E-state index in [0.29, 0.717) is 6.04 Å². The Kier molecular flexibility index (Phi) is 5.84. The summed E-state index contributed by atoms with van der Waals surface area (Å²) in [7, 11) is 0. The molecule has 0 aliphatic heterocycles. The van der Waals surface area contributed by atoms with Gasteiger partial charge < -0.3 is 10.6 Å². The van der Waals surface area contributed by atoms with Crippen LogP contribution in [-0.2, 0) is 0 Å². The Bertz CT molecular complexity index is 469. The molecule has 1 saturated carbocycles. The first kappa shape index (κ1) is 15.6. The van der Waals surface area contributed by atoms with Crippen molar-refractivity contribution in [3.63, 3.8) is 0 Å². The highest BCUT2D eigenvalue weighted by atomic mass is 16.6. The van der Waals surface area contributed by atoms with Gasteiger partial charge in [-0.1, -0.05) is 32.6 Å². The molecule has 5 nitrogen and oxygen atoms in total. The molecule has 0 amide bonds. The van der Waals surface area contributed by atoms with Gasteiger partial charge in [0.15, 0.2) is 0 Å². The number of anilines is 2. The van der Waals surface area contributed by atoms with Gasteiger partial charge >= 0.3 is 0 Å². The molecule has 0 saturated heterocycles. The summed E-state index contributed by atoms with van der Waals surface area (Å²) >= 11 is 0. The number of hydrogen-bond donors (Lipinski definition) is 2. The Balaban J connectivity index is 2.12. The molecular weight excluding hydrogens is 266 g/mol. The van der Waals surface area contributed by atoms with Gasteiger partial charge in [0.2, 0.25) is 0 Å². The lowest BCUT2D eigenvalue weighted by Crippen LogP contribution is -2.18. The minimum absolute atomic E-state index is 0.146. The summed E-state index contributed by atoms with van der Waals surface area (Å²) in [5.41, 5.74) is 1.82. The molecule has 0 atom stereocenters. The molecule has 2 N–H and O–H groups in total. The maximum atomic E-state index is 11.1. The molecule has 1 aromatic rings. The molecule has 1 fully saturated rings. The number of benzene rings is 1. The van der Waals surface area contributed by atoms with Crippen molar-refractivity contribution in [3.05, 3.63) is 28.3 Å². The zero-order valence-corrected chi connectivity index (χ0v) is 12.7. The molecule has 0 aromatic heterocycles. The quantitative estimate of drug-likeness (QED) is 0.458. The lowest BCUT2D eigenvalue weighted by atomic mass is 10.1. The molecule has 0 radical (unpaired) electrons. The van der Waals surface area contributed by atoms with Crippen LogP contribution in [0.15, 0.2) is 18.2 Å². The van der Waals surface area contributed by atoms with Crippen molar-refractivity contribution >= 4 is 17.1 Å². The fourth-order valence-electron chi connectivity index (χ4n) is 2.83. The Morgan fingerprint density at radius 2 is 1.81 bits per heavy atom. The van der Waals surface area contributed by atoms with E-state index in [4.69, 9.17) is 0 Å². The van der Waals surface area contributed by atoms with Crippen LogP contribution >= 0.6 is 0 Å². The molecule has 1 aromatic carbocycles. The lowest BCUT2D eigenvalue weighted by Gasteiger charge is -2.18. The standard InChI is InChI=1S/C16H25N3O2/c1-2-9-17-14-10-15(12-16(11-14)19(20)21)18-13-7-5-3-4-6-8-13/h10-13,17-18H,2-9H2,1H3. The highest BCUT2D eigenvalue weighted by Crippen LogP contribution is 2.27. The maximum absolute atomic E-state index is 11.1. The molecule has 0 heterocycles. The summed E-state index contributed by atoms with van der Waals surface area (Å²) in [4.78, 5) is 10.8. The van der Waals surface area contributed by atoms with Crippen molar-refractivity contribution in [1.29, 1.82) is 0 Å². The van der Waals surface area contributed by atoms with E-state index in [9.17, 15) is 10.1 Å². The van der Waals surface area contributed by atoms with Crippen LogP contribution in [-0.4, -0.2) is 17.5 Å². The van der Waals surface area contributed by atoms with E-state index < -0.39 is 0 Å². The number of nitro benzene ring substituents is 1. The topological polar surface area (TPSA) is 67.2 Å². The number of nitrogens with one attached hydrogen (secondary N) is 2. The van der Waals surface area contributed by atoms with Crippen molar-refractivity contribution < 1.29 is 4.92 Å². The van der Waals surface area contributed by atoms with Crippen LogP contribution in [0.4, 0.5) is 17.1 Å². The van der Waals surface area contributed by atoms with Crippen molar-refractivity contribution in [2.24, 2.45) is 0 Å². The SMILES string of the molecule is CCCNc1cc(NC2CCCCCC2)cc([N+](=O)[O-])c1. The second kappa shape index (κ2) is 7.86. The molecule has 1 aliphatic carbocycles. The lowest BCUT2D eigenvalue weighted by molar-refractivity contribution is -0.384. The first-order valence-corrected chi connectivity index (χ1v) is 7.99. The van der Waals surface area contributed by atoms with E-state index in [0.717, 1.165) is 37.2 Å². The number of non-ortho nitro benzene ring substituents is 1. The average Bonchev–Trinajstić information content (AvgIpc) is 2.73. The fraction of sp³-hybridized carbons (Fsp3) is 0.625. The van der Waals surface area contributed by atoms with Crippen LogP contribution in [0.25, 0.3) is 0 Å². The van der Waals surface area contributed by atoms with Gasteiger partial charge in [-0.25, -0.2) is 0 Å². The maximum Gasteiger partial charge on any atom is 0.273 e. The Hall–Kier alpha value is -1.78. The smallest absolute Gasteiger partial charge is 0.273 e. The number of rotatable bonds is 6. The molecule has 116 valence electrons. The minimum Gasteiger partial charge on any atom is -0.385 e. The van der Waals surface area contributed by atoms with Crippen molar-refractivity contribution in [3.8, 4) is 0 Å². The number of hydrogen-bond acceptors (Lipinski definition) is 4. The molecular formula is C16H25N3O2. The van der Waals surface area contributed by atoms with Gasteiger partial charge in [0.25, 0.3) is 5.69 Å². The first-order valence-electron chi connectivity index (χ1n) is 7.99. The zero-order chi connectivity index (χ0) is 15.1. The summed E-state index contributed by atoms with van der Waals surface area (Å²) in [5, 5.41) is 17.8. The van der Waals surface area contributed by atoms with Crippen molar-refractivity contribution in [2.45, 2.75) is 57.9 Å². The van der Waals surface area contributed by atoms with Gasteiger partial charge in [-0.15, -0.1) is 0 Å². The van der Waals surface area contributed by atoms with Gasteiger partial charge in [0.1, 0.15) is 0 Å². The molecule has 2 rings (SSSR count). The second-order valence-electron chi connectivity index (χ2n) is 5.79. The van der Waals surface area contributed by atoms with Gasteiger partial charge in [-0.2, -0.15) is 0 Å². The monoisotopic (exact) mass is 291 g/mol. The van der Waals surface area contributed by atoms with Gasteiger partial charge in [0.05, 0.1) is 4.92 Å². The van der Waals surface area contributed by atoms with Crippen molar-refractivity contribution in [2.75, 3.05) is 17.2 Å². The van der Waals surface area contributed by atoms with E-state index in [2.05, 4.69) is 17.6 Å². The highest BCUT2D eigenvalue weighted by Gasteiger charge is 2.15. The average molecular weight is 291 g/mol. The van der Waals surface area contributed by atoms with Crippen LogP contribution in [0.5, 0.6) is 0 Å². The van der Waals surface area contributed by atoms with Crippen LogP contribution in [0.1, 0.15) is 51.9 Å². The number of nitro groups is 1. The van der Waals surface area contributed by atoms with Crippen LogP contribution in [0, 0.1) is 10.1 Å². The van der Waals surface area contributed by atoms with Crippen LogP contribution in [0.3, 0.4) is 0 Å². The largest absolute Gasteiger partial charge is 0.385 e. The molecule has 0 bridgehead atoms. The van der Waals surface area contributed by atoms with E-state index in [1.54, 1.807) is 12.1 Å². The zero-order valence-electron chi connectivity index (χ0n) is 12.7. The molecule has 0 spiro atoms. The normalized spacial score (nSPS) is 16.2. The summed E-state index contributed by atoms with van der Waals surface area (Å²) in [5.74, 6) is 0. The van der Waals surface area contributed by atoms with Crippen molar-refractivity contribution in [1.82, 2.24) is 0 Å². The third-order valence-corrected chi connectivity index (χ3v) is 3.93. The highest BCUT2D eigenvalue weighted by molar-refractivity contribution is 5.63. The predicted molar refractivity (Wildman–Crippen MR) is 87.0 cm³/mol. The molecule has 5 heteroatoms. The summed E-state index contributed by atoms with van der Waals surface area (Å²) < 4.78 is 0. The van der Waals surface area contributed by atoms with Crippen LogP contribution < -0.4 is 10.6 Å². The van der Waals surface area contributed by atoms with E-state index in [-0.39, 0.29) is 10.6 Å². The third kappa shape index (κ3) is 4.92. The summed E-state index contributed by atoms with van der Waals surface area (Å²) in [6.45, 7) is 2.90. The number of nitrogens with zero attached hydrogens (tertiary/aromatic N) is 1. The Labute approximate surface area is 126 Å². The van der Waals surface area contributed by atoms with E-state index >= 15 is 0 Å². The fourth-order valence-corrected chi connectivity index (χ4v) is 2.83. The summed E-state index contributed by atoms with van der Waals surface area (Å²) in [6.07, 6.45) is 8.39. The third-order valence-electron chi connectivity index (χ3n) is 3.93. The van der Waals surface area contributed by atoms with Gasteiger partial charge in [-0.05, 0) is 25.3 Å². The minimum atomic E-state index is -0.324. The Morgan fingerprint density at radius 3 is 2.43 bits per heavy atom. The molecule has 21 heavy (non-hydrogen) atoms. The van der Waals surface area contributed by atoms with E-state index in [1.165, 1.54) is 25.7 Å². The molecule has 1 aliphatic rings.